The minimum atomic E-state index is -0.328. The third-order valence-corrected chi connectivity index (χ3v) is 5.82. The molecule has 3 aromatic rings. The van der Waals surface area contributed by atoms with Gasteiger partial charge in [-0.05, 0) is 24.3 Å². The average Bonchev–Trinajstić information content (AvgIpc) is 3.13. The van der Waals surface area contributed by atoms with Crippen LogP contribution in [-0.4, -0.2) is 58.3 Å². The van der Waals surface area contributed by atoms with Gasteiger partial charge in [-0.2, -0.15) is 0 Å². The van der Waals surface area contributed by atoms with Crippen molar-refractivity contribution < 1.29 is 9.13 Å². The van der Waals surface area contributed by atoms with Crippen LogP contribution in [-0.2, 0) is 4.74 Å². The van der Waals surface area contributed by atoms with Crippen LogP contribution in [0.2, 0.25) is 5.02 Å². The molecule has 2 heterocycles. The van der Waals surface area contributed by atoms with E-state index in [4.69, 9.17) is 16.3 Å². The van der Waals surface area contributed by atoms with Crippen molar-refractivity contribution in [3.05, 3.63) is 59.4 Å². The number of para-hydroxylation sites is 1. The van der Waals surface area contributed by atoms with E-state index in [1.807, 2.05) is 18.2 Å². The summed E-state index contributed by atoms with van der Waals surface area (Å²) in [6, 6.07) is 14.0. The van der Waals surface area contributed by atoms with E-state index in [0.29, 0.717) is 21.7 Å². The number of hydrogen-bond donors (Lipinski definition) is 0. The first-order chi connectivity index (χ1) is 13.7. The topological polar surface area (TPSA) is 43.2 Å². The summed E-state index contributed by atoms with van der Waals surface area (Å²) in [6.45, 7) is 4.33. The quantitative estimate of drug-likeness (QED) is 0.562. The van der Waals surface area contributed by atoms with Gasteiger partial charge in [-0.1, -0.05) is 47.6 Å². The summed E-state index contributed by atoms with van der Waals surface area (Å²) < 4.78 is 21.7. The molecule has 0 unspecified atom stereocenters. The van der Waals surface area contributed by atoms with Gasteiger partial charge in [0.05, 0.1) is 23.9 Å². The van der Waals surface area contributed by atoms with Gasteiger partial charge in [0.15, 0.2) is 11.0 Å². The van der Waals surface area contributed by atoms with Gasteiger partial charge in [0.2, 0.25) is 0 Å². The van der Waals surface area contributed by atoms with Crippen LogP contribution in [0.25, 0.3) is 17.1 Å². The molecule has 1 fully saturated rings. The lowest BCUT2D eigenvalue weighted by molar-refractivity contribution is 0.0410. The van der Waals surface area contributed by atoms with Crippen molar-refractivity contribution in [3.63, 3.8) is 0 Å². The second-order valence-corrected chi connectivity index (χ2v) is 7.84. The Morgan fingerprint density at radius 3 is 2.57 bits per heavy atom. The monoisotopic (exact) mass is 418 g/mol. The zero-order valence-electron chi connectivity index (χ0n) is 15.2. The van der Waals surface area contributed by atoms with Crippen molar-refractivity contribution in [2.45, 2.75) is 5.16 Å². The number of aromatic nitrogens is 3. The molecule has 1 aliphatic heterocycles. The molecular formula is C20H20ClFN4OS. The second kappa shape index (κ2) is 9.05. The third-order valence-electron chi connectivity index (χ3n) is 4.58. The molecular weight excluding hydrogens is 399 g/mol. The molecule has 0 saturated carbocycles. The van der Waals surface area contributed by atoms with Crippen LogP contribution in [0, 0.1) is 5.82 Å². The van der Waals surface area contributed by atoms with Crippen LogP contribution in [0.15, 0.2) is 53.7 Å². The summed E-state index contributed by atoms with van der Waals surface area (Å²) in [6.07, 6.45) is 0. The Labute approximate surface area is 172 Å². The predicted molar refractivity (Wildman–Crippen MR) is 110 cm³/mol. The van der Waals surface area contributed by atoms with E-state index in [-0.39, 0.29) is 5.82 Å². The molecule has 1 aliphatic rings. The molecule has 2 aromatic carbocycles. The van der Waals surface area contributed by atoms with Gasteiger partial charge >= 0.3 is 0 Å². The van der Waals surface area contributed by atoms with E-state index >= 15 is 0 Å². The van der Waals surface area contributed by atoms with Gasteiger partial charge in [-0.3, -0.25) is 9.47 Å². The largest absolute Gasteiger partial charge is 0.379 e. The summed E-state index contributed by atoms with van der Waals surface area (Å²) in [4.78, 5) is 2.36. The van der Waals surface area contributed by atoms with E-state index in [0.717, 1.165) is 44.2 Å². The maximum absolute atomic E-state index is 14.6. The van der Waals surface area contributed by atoms with Gasteiger partial charge in [0.1, 0.15) is 5.82 Å². The highest BCUT2D eigenvalue weighted by Gasteiger charge is 2.20. The normalized spacial score (nSPS) is 15.1. The first kappa shape index (κ1) is 19.4. The van der Waals surface area contributed by atoms with E-state index in [2.05, 4.69) is 15.1 Å². The summed E-state index contributed by atoms with van der Waals surface area (Å²) in [7, 11) is 0. The molecule has 28 heavy (non-hydrogen) atoms. The van der Waals surface area contributed by atoms with E-state index in [1.54, 1.807) is 40.6 Å². The van der Waals surface area contributed by atoms with E-state index < -0.39 is 0 Å². The molecule has 0 atom stereocenters. The fourth-order valence-electron chi connectivity index (χ4n) is 3.12. The standard InChI is InChI=1S/C20H20ClFN4OS/c21-16-6-2-1-5-15(16)19-23-24-20(26(19)18-8-4-3-7-17(18)22)28-14-11-25-9-12-27-13-10-25/h1-8H,9-14H2. The molecule has 4 rings (SSSR count). The van der Waals surface area contributed by atoms with Gasteiger partial charge in [-0.25, -0.2) is 4.39 Å². The van der Waals surface area contributed by atoms with Gasteiger partial charge in [0, 0.05) is 31.0 Å². The smallest absolute Gasteiger partial charge is 0.196 e. The Kier molecular flexibility index (Phi) is 6.26. The predicted octanol–water partition coefficient (Wildman–Crippen LogP) is 4.15. The SMILES string of the molecule is Fc1ccccc1-n1c(SCCN2CCOCC2)nnc1-c1ccccc1Cl. The van der Waals surface area contributed by atoms with Crippen molar-refractivity contribution >= 4 is 23.4 Å². The van der Waals surface area contributed by atoms with Crippen molar-refractivity contribution in [3.8, 4) is 17.1 Å². The maximum Gasteiger partial charge on any atom is 0.196 e. The summed E-state index contributed by atoms with van der Waals surface area (Å²) in [5.41, 5.74) is 1.14. The lowest BCUT2D eigenvalue weighted by Gasteiger charge is -2.26. The van der Waals surface area contributed by atoms with Crippen molar-refractivity contribution in [2.24, 2.45) is 0 Å². The van der Waals surface area contributed by atoms with Crippen LogP contribution >= 0.6 is 23.4 Å². The number of nitrogens with zero attached hydrogens (tertiary/aromatic N) is 4. The number of rotatable bonds is 6. The second-order valence-electron chi connectivity index (χ2n) is 6.38. The number of thioether (sulfide) groups is 1. The minimum Gasteiger partial charge on any atom is -0.379 e. The molecule has 0 bridgehead atoms. The number of benzene rings is 2. The molecule has 8 heteroatoms. The fourth-order valence-corrected chi connectivity index (χ4v) is 4.29. The lowest BCUT2D eigenvalue weighted by atomic mass is 10.2. The van der Waals surface area contributed by atoms with Crippen molar-refractivity contribution in [2.75, 3.05) is 38.6 Å². The van der Waals surface area contributed by atoms with Crippen LogP contribution in [0.1, 0.15) is 0 Å². The van der Waals surface area contributed by atoms with Crippen LogP contribution in [0.3, 0.4) is 0 Å². The summed E-state index contributed by atoms with van der Waals surface area (Å²) >= 11 is 7.94. The number of hydrogen-bond acceptors (Lipinski definition) is 5. The highest BCUT2D eigenvalue weighted by Crippen LogP contribution is 2.32. The number of halogens is 2. The molecule has 0 radical (unpaired) electrons. The Balaban J connectivity index is 1.65. The minimum absolute atomic E-state index is 0.328. The number of morpholine rings is 1. The fraction of sp³-hybridized carbons (Fsp3) is 0.300. The first-order valence-corrected chi connectivity index (χ1v) is 10.5. The Hall–Kier alpha value is -1.93. The zero-order chi connectivity index (χ0) is 19.3. The molecule has 1 aromatic heterocycles. The Morgan fingerprint density at radius 1 is 1.04 bits per heavy atom. The number of ether oxygens (including phenoxy) is 1. The first-order valence-electron chi connectivity index (χ1n) is 9.12. The highest BCUT2D eigenvalue weighted by molar-refractivity contribution is 7.99. The molecule has 0 N–H and O–H groups in total. The van der Waals surface area contributed by atoms with Crippen LogP contribution in [0.5, 0.6) is 0 Å². The Morgan fingerprint density at radius 2 is 1.79 bits per heavy atom. The van der Waals surface area contributed by atoms with Gasteiger partial charge in [-0.15, -0.1) is 10.2 Å². The Bertz CT molecular complexity index is 945. The van der Waals surface area contributed by atoms with Crippen LogP contribution in [0.4, 0.5) is 4.39 Å². The van der Waals surface area contributed by atoms with Gasteiger partial charge in [0.25, 0.3) is 0 Å². The maximum atomic E-state index is 14.6. The third kappa shape index (κ3) is 4.22. The molecule has 0 aliphatic carbocycles. The summed E-state index contributed by atoms with van der Waals surface area (Å²) in [5.74, 6) is 1.03. The van der Waals surface area contributed by atoms with Crippen molar-refractivity contribution in [1.29, 1.82) is 0 Å². The summed E-state index contributed by atoms with van der Waals surface area (Å²) in [5, 5.41) is 9.88. The molecule has 1 saturated heterocycles. The average molecular weight is 419 g/mol. The van der Waals surface area contributed by atoms with Crippen LogP contribution < -0.4 is 0 Å². The molecule has 0 amide bonds. The molecule has 146 valence electrons. The molecule has 0 spiro atoms. The molecule has 5 nitrogen and oxygen atoms in total. The van der Waals surface area contributed by atoms with E-state index in [1.165, 1.54) is 6.07 Å². The van der Waals surface area contributed by atoms with E-state index in [9.17, 15) is 4.39 Å². The zero-order valence-corrected chi connectivity index (χ0v) is 16.8. The van der Waals surface area contributed by atoms with Gasteiger partial charge < -0.3 is 4.74 Å². The lowest BCUT2D eigenvalue weighted by Crippen LogP contribution is -2.37. The highest BCUT2D eigenvalue weighted by atomic mass is 35.5. The van der Waals surface area contributed by atoms with Crippen molar-refractivity contribution in [1.82, 2.24) is 19.7 Å².